The number of hydrogen-bond donors (Lipinski definition) is 0. The molecule has 1 aliphatic rings. The molecule has 0 N–H and O–H groups in total. The number of rotatable bonds is 1. The van der Waals surface area contributed by atoms with E-state index < -0.39 is 0 Å². The van der Waals surface area contributed by atoms with E-state index >= 15 is 0 Å². The molecule has 0 radical (unpaired) electrons. The zero-order valence-electron chi connectivity index (χ0n) is 7.84. The maximum atomic E-state index is 6.04. The third kappa shape index (κ3) is 1.48. The molecule has 0 aromatic carbocycles. The van der Waals surface area contributed by atoms with Crippen molar-refractivity contribution >= 4 is 17.5 Å². The lowest BCUT2D eigenvalue weighted by Crippen LogP contribution is -2.14. The number of anilines is 1. The quantitative estimate of drug-likeness (QED) is 0.642. The van der Waals surface area contributed by atoms with E-state index in [9.17, 15) is 0 Å². The number of halogens is 1. The minimum Gasteiger partial charge on any atom is -0.347 e. The average Bonchev–Trinajstić information content (AvgIpc) is 2.51. The Hall–Kier alpha value is -0.830. The van der Waals surface area contributed by atoms with Crippen molar-refractivity contribution in [2.24, 2.45) is 0 Å². The van der Waals surface area contributed by atoms with Crippen LogP contribution in [0.15, 0.2) is 0 Å². The Labute approximate surface area is 82.8 Å². The van der Waals surface area contributed by atoms with Crippen LogP contribution in [-0.4, -0.2) is 24.1 Å². The molecule has 0 aliphatic heterocycles. The minimum atomic E-state index is 0.631. The Balaban J connectivity index is 2.49. The van der Waals surface area contributed by atoms with Gasteiger partial charge in [-0.1, -0.05) is 11.6 Å². The lowest BCUT2D eigenvalue weighted by molar-refractivity contribution is 0.895. The van der Waals surface area contributed by atoms with Crippen molar-refractivity contribution in [3.63, 3.8) is 0 Å². The fraction of sp³-hybridized carbons (Fsp3) is 0.556. The van der Waals surface area contributed by atoms with Crippen LogP contribution in [0.1, 0.15) is 17.7 Å². The van der Waals surface area contributed by atoms with Crippen molar-refractivity contribution in [3.05, 3.63) is 16.4 Å². The molecular formula is C9H12ClN3. The minimum absolute atomic E-state index is 0.631. The topological polar surface area (TPSA) is 29.0 Å². The second kappa shape index (κ2) is 3.14. The van der Waals surface area contributed by atoms with Gasteiger partial charge < -0.3 is 4.90 Å². The zero-order chi connectivity index (χ0) is 9.42. The van der Waals surface area contributed by atoms with E-state index in [0.717, 1.165) is 30.5 Å². The second-order valence-corrected chi connectivity index (χ2v) is 3.85. The Bertz CT molecular complexity index is 336. The number of fused-ring (bicyclic) bond motifs is 1. The highest BCUT2D eigenvalue weighted by atomic mass is 35.5. The number of hydrogen-bond acceptors (Lipinski definition) is 3. The van der Waals surface area contributed by atoms with Crippen LogP contribution in [0.4, 0.5) is 5.95 Å². The SMILES string of the molecule is CN(C)c1nc(Cl)c2c(n1)CCC2. The molecule has 13 heavy (non-hydrogen) atoms. The summed E-state index contributed by atoms with van der Waals surface area (Å²) in [4.78, 5) is 10.5. The third-order valence-electron chi connectivity index (χ3n) is 2.27. The average molecular weight is 198 g/mol. The van der Waals surface area contributed by atoms with Crippen LogP contribution in [0.5, 0.6) is 0 Å². The Kier molecular flexibility index (Phi) is 2.12. The van der Waals surface area contributed by atoms with Crippen molar-refractivity contribution in [3.8, 4) is 0 Å². The molecule has 1 heterocycles. The van der Waals surface area contributed by atoms with Crippen LogP contribution in [0.2, 0.25) is 5.15 Å². The van der Waals surface area contributed by atoms with Crippen LogP contribution < -0.4 is 4.90 Å². The van der Waals surface area contributed by atoms with E-state index in [0.29, 0.717) is 11.1 Å². The van der Waals surface area contributed by atoms with E-state index in [2.05, 4.69) is 9.97 Å². The zero-order valence-corrected chi connectivity index (χ0v) is 8.60. The molecule has 1 aromatic heterocycles. The highest BCUT2D eigenvalue weighted by molar-refractivity contribution is 6.30. The molecular weight excluding hydrogens is 186 g/mol. The van der Waals surface area contributed by atoms with Gasteiger partial charge in [0.15, 0.2) is 0 Å². The summed E-state index contributed by atoms with van der Waals surface area (Å²) >= 11 is 6.04. The molecule has 70 valence electrons. The predicted octanol–water partition coefficient (Wildman–Crippen LogP) is 1.68. The molecule has 0 unspecified atom stereocenters. The first kappa shape index (κ1) is 8.75. The third-order valence-corrected chi connectivity index (χ3v) is 2.58. The molecule has 1 aliphatic carbocycles. The Morgan fingerprint density at radius 2 is 2.00 bits per heavy atom. The van der Waals surface area contributed by atoms with Crippen LogP contribution in [-0.2, 0) is 12.8 Å². The van der Waals surface area contributed by atoms with Crippen molar-refractivity contribution in [2.75, 3.05) is 19.0 Å². The normalized spacial score (nSPS) is 14.4. The van der Waals surface area contributed by atoms with Crippen molar-refractivity contribution in [1.82, 2.24) is 9.97 Å². The van der Waals surface area contributed by atoms with E-state index in [1.54, 1.807) is 0 Å². The molecule has 0 fully saturated rings. The molecule has 1 aromatic rings. The first-order chi connectivity index (χ1) is 6.18. The molecule has 0 atom stereocenters. The summed E-state index contributed by atoms with van der Waals surface area (Å²) < 4.78 is 0. The van der Waals surface area contributed by atoms with Gasteiger partial charge in [0, 0.05) is 19.7 Å². The van der Waals surface area contributed by atoms with Crippen LogP contribution >= 0.6 is 11.6 Å². The summed E-state index contributed by atoms with van der Waals surface area (Å²) in [7, 11) is 3.85. The first-order valence-corrected chi connectivity index (χ1v) is 4.79. The summed E-state index contributed by atoms with van der Waals surface area (Å²) in [6.45, 7) is 0. The monoisotopic (exact) mass is 197 g/mol. The van der Waals surface area contributed by atoms with Gasteiger partial charge in [-0.15, -0.1) is 0 Å². The van der Waals surface area contributed by atoms with E-state index in [-0.39, 0.29) is 0 Å². The largest absolute Gasteiger partial charge is 0.347 e. The molecule has 0 saturated carbocycles. The summed E-state index contributed by atoms with van der Waals surface area (Å²) in [6, 6.07) is 0. The van der Waals surface area contributed by atoms with Gasteiger partial charge in [-0.25, -0.2) is 9.97 Å². The molecule has 0 spiro atoms. The van der Waals surface area contributed by atoms with Gasteiger partial charge in [0.2, 0.25) is 5.95 Å². The Morgan fingerprint density at radius 3 is 2.69 bits per heavy atom. The van der Waals surface area contributed by atoms with Gasteiger partial charge >= 0.3 is 0 Å². The summed E-state index contributed by atoms with van der Waals surface area (Å²) in [6.07, 6.45) is 3.22. The first-order valence-electron chi connectivity index (χ1n) is 4.41. The maximum Gasteiger partial charge on any atom is 0.226 e. The van der Waals surface area contributed by atoms with Gasteiger partial charge in [-0.05, 0) is 19.3 Å². The fourth-order valence-corrected chi connectivity index (χ4v) is 1.85. The molecule has 3 nitrogen and oxygen atoms in total. The van der Waals surface area contributed by atoms with Gasteiger partial charge in [0.05, 0.1) is 5.69 Å². The van der Waals surface area contributed by atoms with Crippen LogP contribution in [0, 0.1) is 0 Å². The molecule has 0 bridgehead atoms. The smallest absolute Gasteiger partial charge is 0.226 e. The number of aryl methyl sites for hydroxylation is 1. The maximum absolute atomic E-state index is 6.04. The highest BCUT2D eigenvalue weighted by Crippen LogP contribution is 2.27. The van der Waals surface area contributed by atoms with Gasteiger partial charge in [0.1, 0.15) is 5.15 Å². The van der Waals surface area contributed by atoms with Gasteiger partial charge in [0.25, 0.3) is 0 Å². The fourth-order valence-electron chi connectivity index (χ4n) is 1.57. The van der Waals surface area contributed by atoms with E-state index in [1.165, 1.54) is 0 Å². The molecule has 2 rings (SSSR count). The van der Waals surface area contributed by atoms with Crippen molar-refractivity contribution in [1.29, 1.82) is 0 Å². The van der Waals surface area contributed by atoms with E-state index in [4.69, 9.17) is 11.6 Å². The summed E-state index contributed by atoms with van der Waals surface area (Å²) in [5.74, 6) is 0.714. The molecule has 0 amide bonds. The molecule has 0 saturated heterocycles. The van der Waals surface area contributed by atoms with Crippen molar-refractivity contribution in [2.45, 2.75) is 19.3 Å². The van der Waals surface area contributed by atoms with Crippen LogP contribution in [0.3, 0.4) is 0 Å². The summed E-state index contributed by atoms with van der Waals surface area (Å²) in [5.41, 5.74) is 2.27. The number of nitrogens with zero attached hydrogens (tertiary/aromatic N) is 3. The van der Waals surface area contributed by atoms with Gasteiger partial charge in [-0.2, -0.15) is 0 Å². The summed E-state index contributed by atoms with van der Waals surface area (Å²) in [5, 5.41) is 0.631. The Morgan fingerprint density at radius 1 is 1.23 bits per heavy atom. The molecule has 4 heteroatoms. The van der Waals surface area contributed by atoms with Crippen molar-refractivity contribution < 1.29 is 0 Å². The van der Waals surface area contributed by atoms with E-state index in [1.807, 2.05) is 19.0 Å². The standard InChI is InChI=1S/C9H12ClN3/c1-13(2)9-11-7-5-3-4-6(7)8(10)12-9/h3-5H2,1-2H3. The lowest BCUT2D eigenvalue weighted by Gasteiger charge is -2.11. The highest BCUT2D eigenvalue weighted by Gasteiger charge is 2.18. The lowest BCUT2D eigenvalue weighted by atomic mass is 10.3. The van der Waals surface area contributed by atoms with Gasteiger partial charge in [-0.3, -0.25) is 0 Å². The predicted molar refractivity (Wildman–Crippen MR) is 53.4 cm³/mol. The second-order valence-electron chi connectivity index (χ2n) is 3.49. The number of aromatic nitrogens is 2. The van der Waals surface area contributed by atoms with Crippen LogP contribution in [0.25, 0.3) is 0 Å².